The van der Waals surface area contributed by atoms with Gasteiger partial charge in [-0.2, -0.15) is 5.10 Å². The van der Waals surface area contributed by atoms with Gasteiger partial charge in [0.1, 0.15) is 12.3 Å². The zero-order chi connectivity index (χ0) is 15.1. The maximum absolute atomic E-state index is 12.4. The predicted molar refractivity (Wildman–Crippen MR) is 76.8 cm³/mol. The highest BCUT2D eigenvalue weighted by atomic mass is 16.5. The molecule has 0 aromatic carbocycles. The van der Waals surface area contributed by atoms with Crippen molar-refractivity contribution < 1.29 is 14.3 Å². The van der Waals surface area contributed by atoms with Crippen LogP contribution in [-0.4, -0.2) is 59.8 Å². The van der Waals surface area contributed by atoms with Crippen molar-refractivity contribution in [3.63, 3.8) is 0 Å². The molecule has 1 aromatic heterocycles. The van der Waals surface area contributed by atoms with Crippen molar-refractivity contribution in [3.8, 4) is 0 Å². The lowest BCUT2D eigenvalue weighted by Crippen LogP contribution is -2.45. The highest BCUT2D eigenvalue weighted by molar-refractivity contribution is 5.92. The van der Waals surface area contributed by atoms with E-state index in [0.717, 1.165) is 32.2 Å². The summed E-state index contributed by atoms with van der Waals surface area (Å²) < 4.78 is 4.77. The standard InChI is InChI=1S/C14H22N4O3/c1-21-10-13(19)15-7-5-11-4-2-3-9-18(11)14(20)12-6-8-16-17-12/h6,8,11H,2-5,7,9-10H2,1H3,(H,15,19)(H,16,17). The van der Waals surface area contributed by atoms with Crippen molar-refractivity contribution in [1.82, 2.24) is 20.4 Å². The number of amides is 2. The second kappa shape index (κ2) is 7.78. The molecule has 1 unspecified atom stereocenters. The zero-order valence-electron chi connectivity index (χ0n) is 12.3. The van der Waals surface area contributed by atoms with Gasteiger partial charge in [0.05, 0.1) is 0 Å². The Balaban J connectivity index is 1.87. The van der Waals surface area contributed by atoms with Crippen LogP contribution >= 0.6 is 0 Å². The largest absolute Gasteiger partial charge is 0.375 e. The van der Waals surface area contributed by atoms with E-state index in [4.69, 9.17) is 4.74 Å². The number of carbonyl (C=O) groups is 2. The molecule has 116 valence electrons. The van der Waals surface area contributed by atoms with Crippen molar-refractivity contribution in [2.75, 3.05) is 26.8 Å². The number of rotatable bonds is 6. The van der Waals surface area contributed by atoms with Gasteiger partial charge in [0.15, 0.2) is 0 Å². The summed E-state index contributed by atoms with van der Waals surface area (Å²) >= 11 is 0. The van der Waals surface area contributed by atoms with E-state index in [1.165, 1.54) is 7.11 Å². The summed E-state index contributed by atoms with van der Waals surface area (Å²) in [5, 5.41) is 9.35. The van der Waals surface area contributed by atoms with Crippen molar-refractivity contribution in [2.24, 2.45) is 0 Å². The first-order chi connectivity index (χ1) is 10.2. The number of ether oxygens (including phenoxy) is 1. The molecular formula is C14H22N4O3. The lowest BCUT2D eigenvalue weighted by Gasteiger charge is -2.35. The molecule has 1 aromatic rings. The lowest BCUT2D eigenvalue weighted by atomic mass is 9.99. The molecule has 0 bridgehead atoms. The summed E-state index contributed by atoms with van der Waals surface area (Å²) in [7, 11) is 1.49. The van der Waals surface area contributed by atoms with Crippen LogP contribution in [0.25, 0.3) is 0 Å². The molecule has 2 N–H and O–H groups in total. The third kappa shape index (κ3) is 4.29. The zero-order valence-corrected chi connectivity index (χ0v) is 12.3. The van der Waals surface area contributed by atoms with Gasteiger partial charge >= 0.3 is 0 Å². The molecule has 0 spiro atoms. The fourth-order valence-corrected chi connectivity index (χ4v) is 2.66. The molecule has 1 aliphatic rings. The van der Waals surface area contributed by atoms with Crippen LogP contribution < -0.4 is 5.32 Å². The van der Waals surface area contributed by atoms with Gasteiger partial charge < -0.3 is 15.0 Å². The molecule has 2 amide bonds. The van der Waals surface area contributed by atoms with E-state index in [0.29, 0.717) is 12.2 Å². The van der Waals surface area contributed by atoms with Gasteiger partial charge in [-0.25, -0.2) is 0 Å². The molecular weight excluding hydrogens is 272 g/mol. The minimum atomic E-state index is -0.125. The van der Waals surface area contributed by atoms with E-state index in [-0.39, 0.29) is 24.5 Å². The molecule has 0 saturated carbocycles. The highest BCUT2D eigenvalue weighted by Crippen LogP contribution is 2.21. The summed E-state index contributed by atoms with van der Waals surface area (Å²) in [5.41, 5.74) is 0.519. The van der Waals surface area contributed by atoms with Crippen molar-refractivity contribution in [3.05, 3.63) is 18.0 Å². The minimum absolute atomic E-state index is 0.0135. The van der Waals surface area contributed by atoms with Crippen molar-refractivity contribution in [1.29, 1.82) is 0 Å². The number of nitrogens with one attached hydrogen (secondary N) is 2. The van der Waals surface area contributed by atoms with Crippen LogP contribution in [0.2, 0.25) is 0 Å². The molecule has 0 radical (unpaired) electrons. The molecule has 0 aliphatic carbocycles. The molecule has 2 rings (SSSR count). The number of methoxy groups -OCH3 is 1. The van der Waals surface area contributed by atoms with Crippen molar-refractivity contribution >= 4 is 11.8 Å². The predicted octanol–water partition coefficient (Wildman–Crippen LogP) is 0.557. The first-order valence-electron chi connectivity index (χ1n) is 7.28. The van der Waals surface area contributed by atoms with E-state index in [2.05, 4.69) is 15.5 Å². The Labute approximate surface area is 124 Å². The number of likely N-dealkylation sites (tertiary alicyclic amines) is 1. The Morgan fingerprint density at radius 3 is 3.10 bits per heavy atom. The normalized spacial score (nSPS) is 18.5. The lowest BCUT2D eigenvalue weighted by molar-refractivity contribution is -0.124. The Morgan fingerprint density at radius 1 is 1.52 bits per heavy atom. The number of H-pyrrole nitrogens is 1. The molecule has 7 heteroatoms. The van der Waals surface area contributed by atoms with Gasteiger partial charge in [0.25, 0.3) is 5.91 Å². The van der Waals surface area contributed by atoms with E-state index < -0.39 is 0 Å². The number of aromatic nitrogens is 2. The molecule has 2 heterocycles. The van der Waals surface area contributed by atoms with Gasteiger partial charge in [-0.1, -0.05) is 0 Å². The first-order valence-corrected chi connectivity index (χ1v) is 7.28. The third-order valence-corrected chi connectivity index (χ3v) is 3.69. The molecule has 7 nitrogen and oxygen atoms in total. The number of aromatic amines is 1. The number of carbonyl (C=O) groups excluding carboxylic acids is 2. The number of hydrogen-bond donors (Lipinski definition) is 2. The van der Waals surface area contributed by atoms with Crippen LogP contribution in [0.5, 0.6) is 0 Å². The maximum atomic E-state index is 12.4. The topological polar surface area (TPSA) is 87.3 Å². The second-order valence-electron chi connectivity index (χ2n) is 5.19. The summed E-state index contributed by atoms with van der Waals surface area (Å²) in [5.74, 6) is -0.139. The second-order valence-corrected chi connectivity index (χ2v) is 5.19. The molecule has 21 heavy (non-hydrogen) atoms. The molecule has 1 fully saturated rings. The first kappa shape index (κ1) is 15.5. The molecule has 1 saturated heterocycles. The minimum Gasteiger partial charge on any atom is -0.375 e. The van der Waals surface area contributed by atoms with Crippen LogP contribution in [0, 0.1) is 0 Å². The third-order valence-electron chi connectivity index (χ3n) is 3.69. The summed E-state index contributed by atoms with van der Waals surface area (Å²) in [6, 6.07) is 1.85. The average molecular weight is 294 g/mol. The van der Waals surface area contributed by atoms with Gasteiger partial charge in [-0.15, -0.1) is 0 Å². The number of hydrogen-bond acceptors (Lipinski definition) is 4. The van der Waals surface area contributed by atoms with Crippen LogP contribution in [-0.2, 0) is 9.53 Å². The monoisotopic (exact) mass is 294 g/mol. The molecule has 1 atom stereocenters. The summed E-state index contributed by atoms with van der Waals surface area (Å²) in [6.45, 7) is 1.38. The van der Waals surface area contributed by atoms with E-state index in [1.807, 2.05) is 4.90 Å². The maximum Gasteiger partial charge on any atom is 0.272 e. The summed E-state index contributed by atoms with van der Waals surface area (Å²) in [6.07, 6.45) is 5.45. The molecule has 1 aliphatic heterocycles. The van der Waals surface area contributed by atoms with Gasteiger partial charge in [0.2, 0.25) is 5.91 Å². The van der Waals surface area contributed by atoms with Gasteiger partial charge in [-0.05, 0) is 31.7 Å². The van der Waals surface area contributed by atoms with E-state index in [9.17, 15) is 9.59 Å². The Hall–Kier alpha value is -1.89. The average Bonchev–Trinajstić information content (AvgIpc) is 3.01. The Kier molecular flexibility index (Phi) is 5.74. The quantitative estimate of drug-likeness (QED) is 0.802. The van der Waals surface area contributed by atoms with E-state index in [1.54, 1.807) is 12.3 Å². The van der Waals surface area contributed by atoms with Crippen LogP contribution in [0.4, 0.5) is 0 Å². The fourth-order valence-electron chi connectivity index (χ4n) is 2.66. The highest BCUT2D eigenvalue weighted by Gasteiger charge is 2.27. The summed E-state index contributed by atoms with van der Waals surface area (Å²) in [4.78, 5) is 25.7. The fraction of sp³-hybridized carbons (Fsp3) is 0.643. The number of nitrogens with zero attached hydrogens (tertiary/aromatic N) is 2. The van der Waals surface area contributed by atoms with Crippen LogP contribution in [0.15, 0.2) is 12.3 Å². The van der Waals surface area contributed by atoms with Crippen molar-refractivity contribution in [2.45, 2.75) is 31.7 Å². The van der Waals surface area contributed by atoms with Gasteiger partial charge in [-0.3, -0.25) is 14.7 Å². The number of piperidine rings is 1. The van der Waals surface area contributed by atoms with Gasteiger partial charge in [0, 0.05) is 32.4 Å². The smallest absolute Gasteiger partial charge is 0.272 e. The van der Waals surface area contributed by atoms with E-state index >= 15 is 0 Å². The van der Waals surface area contributed by atoms with Crippen LogP contribution in [0.1, 0.15) is 36.2 Å². The van der Waals surface area contributed by atoms with Crippen LogP contribution in [0.3, 0.4) is 0 Å². The Bertz CT molecular complexity index is 461. The Morgan fingerprint density at radius 2 is 2.38 bits per heavy atom. The SMILES string of the molecule is COCC(=O)NCCC1CCCCN1C(=O)c1ccn[nH]1.